The summed E-state index contributed by atoms with van der Waals surface area (Å²) >= 11 is 6.48. The van der Waals surface area contributed by atoms with Gasteiger partial charge in [-0.1, -0.05) is 42.8 Å². The molecule has 0 amide bonds. The highest BCUT2D eigenvalue weighted by molar-refractivity contribution is 6.31. The molecule has 0 spiro atoms. The molecular weight excluding hydrogens is 481 g/mol. The van der Waals surface area contributed by atoms with Crippen molar-refractivity contribution in [2.75, 3.05) is 26.3 Å². The summed E-state index contributed by atoms with van der Waals surface area (Å²) in [5.41, 5.74) is 3.48. The van der Waals surface area contributed by atoms with E-state index in [1.165, 1.54) is 0 Å². The Morgan fingerprint density at radius 3 is 2.81 bits per heavy atom. The third-order valence-electron chi connectivity index (χ3n) is 6.90. The number of halogens is 2. The Labute approximate surface area is 219 Å². The van der Waals surface area contributed by atoms with Gasteiger partial charge in [-0.2, -0.15) is 0 Å². The Morgan fingerprint density at radius 1 is 1.28 bits per heavy atom. The maximum absolute atomic E-state index is 14.0. The van der Waals surface area contributed by atoms with Crippen LogP contribution in [0.25, 0.3) is 0 Å². The highest BCUT2D eigenvalue weighted by Gasteiger charge is 2.27. The minimum absolute atomic E-state index is 0.168. The van der Waals surface area contributed by atoms with Crippen molar-refractivity contribution in [3.05, 3.63) is 69.5 Å². The number of aliphatic hydroxyl groups is 1. The quantitative estimate of drug-likeness (QED) is 0.338. The van der Waals surface area contributed by atoms with E-state index < -0.39 is 6.10 Å². The average Bonchev–Trinajstić information content (AvgIpc) is 3.27. The van der Waals surface area contributed by atoms with Crippen molar-refractivity contribution >= 4 is 17.6 Å². The molecule has 198 valence electrons. The zero-order valence-corrected chi connectivity index (χ0v) is 22.4. The Kier molecular flexibility index (Phi) is 11.2. The van der Waals surface area contributed by atoms with E-state index in [2.05, 4.69) is 4.90 Å². The molecule has 1 aliphatic rings. The molecule has 36 heavy (non-hydrogen) atoms. The molecule has 0 radical (unpaired) electrons. The van der Waals surface area contributed by atoms with Crippen molar-refractivity contribution in [2.24, 2.45) is 0 Å². The molecule has 1 fully saturated rings. The first kappa shape index (κ1) is 28.6. The molecule has 1 heterocycles. The summed E-state index contributed by atoms with van der Waals surface area (Å²) in [5.74, 6) is -0.417. The average molecular weight is 520 g/mol. The van der Waals surface area contributed by atoms with Gasteiger partial charge in [-0.25, -0.2) is 4.39 Å². The number of carbonyl (C=O) groups excluding carboxylic acids is 1. The number of rotatable bonds is 13. The minimum atomic E-state index is -0.642. The first-order valence-electron chi connectivity index (χ1n) is 13.0. The number of β-amino-alcohol motifs (C(OH)–C–C–N with tert-alkyl or cyclic N) is 1. The van der Waals surface area contributed by atoms with Gasteiger partial charge < -0.3 is 14.6 Å². The van der Waals surface area contributed by atoms with Crippen LogP contribution in [0.2, 0.25) is 5.02 Å². The lowest BCUT2D eigenvalue weighted by Gasteiger charge is -2.28. The molecule has 0 bridgehead atoms. The van der Waals surface area contributed by atoms with Crippen molar-refractivity contribution in [3.8, 4) is 0 Å². The number of aryl methyl sites for hydroxylation is 1. The molecule has 2 aromatic rings. The van der Waals surface area contributed by atoms with Crippen LogP contribution in [0.5, 0.6) is 0 Å². The van der Waals surface area contributed by atoms with E-state index in [9.17, 15) is 14.3 Å². The second-order valence-electron chi connectivity index (χ2n) is 9.58. The van der Waals surface area contributed by atoms with Gasteiger partial charge in [0, 0.05) is 24.0 Å². The summed E-state index contributed by atoms with van der Waals surface area (Å²) < 4.78 is 25.2. The van der Waals surface area contributed by atoms with Crippen molar-refractivity contribution in [2.45, 2.75) is 77.5 Å². The van der Waals surface area contributed by atoms with Gasteiger partial charge in [-0.15, -0.1) is 0 Å². The van der Waals surface area contributed by atoms with Crippen molar-refractivity contribution in [1.29, 1.82) is 0 Å². The van der Waals surface area contributed by atoms with Gasteiger partial charge in [0.15, 0.2) is 0 Å². The number of nitrogens with zero attached hydrogens (tertiary/aromatic N) is 1. The lowest BCUT2D eigenvalue weighted by atomic mass is 9.97. The van der Waals surface area contributed by atoms with Crippen LogP contribution in [0.4, 0.5) is 4.39 Å². The van der Waals surface area contributed by atoms with E-state index in [1.54, 1.807) is 19.9 Å². The fourth-order valence-corrected chi connectivity index (χ4v) is 5.26. The van der Waals surface area contributed by atoms with E-state index in [0.717, 1.165) is 42.5 Å². The second-order valence-corrected chi connectivity index (χ2v) is 9.98. The highest BCUT2D eigenvalue weighted by atomic mass is 35.5. The number of hydrogen-bond donors (Lipinski definition) is 1. The molecule has 2 aromatic carbocycles. The Hall–Kier alpha value is -1.99. The molecule has 1 aliphatic heterocycles. The summed E-state index contributed by atoms with van der Waals surface area (Å²) in [5, 5.41) is 11.4. The van der Waals surface area contributed by atoms with Gasteiger partial charge in [0.05, 0.1) is 25.4 Å². The summed E-state index contributed by atoms with van der Waals surface area (Å²) in [6.45, 7) is 7.58. The molecule has 0 unspecified atom stereocenters. The molecule has 1 saturated heterocycles. The lowest BCUT2D eigenvalue weighted by Crippen LogP contribution is -2.39. The van der Waals surface area contributed by atoms with Crippen LogP contribution in [0, 0.1) is 12.7 Å². The zero-order chi connectivity index (χ0) is 26.1. The Balaban J connectivity index is 1.57. The number of aliphatic hydroxyl groups excluding tert-OH is 1. The van der Waals surface area contributed by atoms with Gasteiger partial charge in [-0.3, -0.25) is 9.69 Å². The van der Waals surface area contributed by atoms with Crippen LogP contribution < -0.4 is 0 Å². The fraction of sp³-hybridized carbons (Fsp3) is 0.552. The van der Waals surface area contributed by atoms with E-state index in [-0.39, 0.29) is 37.0 Å². The van der Waals surface area contributed by atoms with Crippen molar-refractivity contribution < 1.29 is 23.8 Å². The highest BCUT2D eigenvalue weighted by Crippen LogP contribution is 2.31. The lowest BCUT2D eigenvalue weighted by molar-refractivity contribution is -0.143. The van der Waals surface area contributed by atoms with E-state index in [4.69, 9.17) is 21.1 Å². The smallest absolute Gasteiger partial charge is 0.306 e. The molecule has 0 aliphatic carbocycles. The molecule has 3 atom stereocenters. The minimum Gasteiger partial charge on any atom is -0.466 e. The molecule has 0 saturated carbocycles. The SMILES string of the molecule is CCOC(=O)CCc1c(Cl)cccc1[C@@H](CC)OC[C@H](O)CN1CCC[C@H]1Cc1ccc(C)c(F)c1. The number of likely N-dealkylation sites (tertiary alicyclic amines) is 1. The first-order chi connectivity index (χ1) is 17.3. The third-order valence-corrected chi connectivity index (χ3v) is 7.25. The zero-order valence-electron chi connectivity index (χ0n) is 21.6. The monoisotopic (exact) mass is 519 g/mol. The third kappa shape index (κ3) is 8.01. The normalized spacial score (nSPS) is 17.8. The number of benzene rings is 2. The maximum Gasteiger partial charge on any atom is 0.306 e. The van der Waals surface area contributed by atoms with E-state index in [0.29, 0.717) is 36.6 Å². The first-order valence-corrected chi connectivity index (χ1v) is 13.4. The second kappa shape index (κ2) is 14.1. The van der Waals surface area contributed by atoms with E-state index >= 15 is 0 Å². The molecular formula is C29H39ClFNO4. The topological polar surface area (TPSA) is 59.0 Å². The molecule has 7 heteroatoms. The van der Waals surface area contributed by atoms with Crippen LogP contribution in [0.3, 0.4) is 0 Å². The summed E-state index contributed by atoms with van der Waals surface area (Å²) in [7, 11) is 0. The van der Waals surface area contributed by atoms with Gasteiger partial charge in [0.2, 0.25) is 0 Å². The van der Waals surface area contributed by atoms with Gasteiger partial charge >= 0.3 is 5.97 Å². The summed E-state index contributed by atoms with van der Waals surface area (Å²) in [4.78, 5) is 14.2. The molecule has 1 N–H and O–H groups in total. The standard InChI is InChI=1S/C29H39ClFNO4/c1-4-28(25-9-6-10-26(30)24(25)13-14-29(34)35-5-2)36-19-23(33)18-32-15-7-8-22(32)16-21-12-11-20(3)27(31)17-21/h6,9-12,17,22-23,28,33H,4-5,7-8,13-16,18-19H2,1-3H3/t22-,23+,28+/m0/s1. The van der Waals surface area contributed by atoms with E-state index in [1.807, 2.05) is 37.3 Å². The van der Waals surface area contributed by atoms with Crippen LogP contribution in [0.1, 0.15) is 67.9 Å². The largest absolute Gasteiger partial charge is 0.466 e. The van der Waals surface area contributed by atoms with Crippen molar-refractivity contribution in [1.82, 2.24) is 4.90 Å². The van der Waals surface area contributed by atoms with Gasteiger partial charge in [0.1, 0.15) is 5.82 Å². The number of hydrogen-bond acceptors (Lipinski definition) is 5. The predicted octanol–water partition coefficient (Wildman–Crippen LogP) is 5.82. The van der Waals surface area contributed by atoms with Gasteiger partial charge in [-0.05, 0) is 86.9 Å². The fourth-order valence-electron chi connectivity index (χ4n) is 4.98. The van der Waals surface area contributed by atoms with Crippen LogP contribution >= 0.6 is 11.6 Å². The molecule has 0 aromatic heterocycles. The van der Waals surface area contributed by atoms with Crippen LogP contribution in [0.15, 0.2) is 36.4 Å². The maximum atomic E-state index is 14.0. The summed E-state index contributed by atoms with van der Waals surface area (Å²) in [6.07, 6.45) is 3.44. The van der Waals surface area contributed by atoms with Crippen molar-refractivity contribution in [3.63, 3.8) is 0 Å². The molecule has 5 nitrogen and oxygen atoms in total. The predicted molar refractivity (Wildman–Crippen MR) is 141 cm³/mol. The van der Waals surface area contributed by atoms with Crippen LogP contribution in [-0.4, -0.2) is 54.4 Å². The Bertz CT molecular complexity index is 1000. The number of esters is 1. The van der Waals surface area contributed by atoms with Crippen LogP contribution in [-0.2, 0) is 27.1 Å². The Morgan fingerprint density at radius 2 is 2.08 bits per heavy atom. The molecule has 3 rings (SSSR count). The number of ether oxygens (including phenoxy) is 2. The summed E-state index contributed by atoms with van der Waals surface area (Å²) in [6, 6.07) is 11.4. The number of carbonyl (C=O) groups is 1. The van der Waals surface area contributed by atoms with Gasteiger partial charge in [0.25, 0.3) is 0 Å².